The number of aliphatic hydroxyl groups excluding tert-OH is 2. The molecule has 66 heavy (non-hydrogen) atoms. The number of methoxy groups -OCH3 is 4. The first-order chi connectivity index (χ1) is 31.4. The highest BCUT2D eigenvalue weighted by Crippen LogP contribution is 2.67. The number of hydrogen-bond acceptors (Lipinski definition) is 17. The molecular weight excluding hydrogens is 861 g/mol. The molecule has 9 fully saturated rings. The third-order valence-corrected chi connectivity index (χ3v) is 18.1. The van der Waals surface area contributed by atoms with E-state index in [9.17, 15) is 15.0 Å². The van der Waals surface area contributed by atoms with Gasteiger partial charge in [-0.25, -0.2) is 0 Å². The number of carbonyl (C=O) groups is 1. The second kappa shape index (κ2) is 19.6. The molecule has 3 aliphatic carbocycles. The first-order valence-corrected chi connectivity index (χ1v) is 25.1. The number of hydrogen-bond donors (Lipinski definition) is 2. The Balaban J connectivity index is 0.765. The maximum Gasteiger partial charge on any atom is 0.172 e. The number of rotatable bonds is 12. The largest absolute Gasteiger partial charge is 0.388 e. The summed E-state index contributed by atoms with van der Waals surface area (Å²) >= 11 is 0. The zero-order valence-electron chi connectivity index (χ0n) is 41.1. The van der Waals surface area contributed by atoms with E-state index in [4.69, 9.17) is 66.3 Å². The maximum atomic E-state index is 13.5. The summed E-state index contributed by atoms with van der Waals surface area (Å²) in [6, 6.07) is 0. The summed E-state index contributed by atoms with van der Waals surface area (Å²) in [4.78, 5) is 13.5. The number of carbonyl (C=O) groups excluding carboxylic acids is 1. The first-order valence-electron chi connectivity index (χ1n) is 25.1. The summed E-state index contributed by atoms with van der Waals surface area (Å²) in [5.41, 5.74) is -0.764. The third kappa shape index (κ3) is 8.90. The van der Waals surface area contributed by atoms with Crippen LogP contribution < -0.4 is 0 Å². The molecule has 378 valence electrons. The SMILES string of the molecule is CO[C@H]1C[C@H](O[C@H]2[C@@H](OC)C[C@H](O[C@@H]3[C@@H](C)O[C@@H](O[C@H]4[C@@H](OC)C[C@H](O[C@H]5CC[C@@]6(C)[C@@H](CC[C@@]78O[C@@H](C)[C@@H]9C[C@H](O)C(=O)[C@]9(C)[C@@H](C[C@@H]76)O8)C5)O[C@@H]4C)C[C@H]3OC)O[C@@H]2C)O[C@H](C)[C@H]1O. The average molecular weight is 941 g/mol. The van der Waals surface area contributed by atoms with Crippen LogP contribution in [0.5, 0.6) is 0 Å². The molecule has 26 atom stereocenters. The van der Waals surface area contributed by atoms with Gasteiger partial charge >= 0.3 is 0 Å². The van der Waals surface area contributed by atoms with E-state index >= 15 is 0 Å². The highest BCUT2D eigenvalue weighted by molar-refractivity contribution is 5.91. The lowest BCUT2D eigenvalue weighted by Crippen LogP contribution is -2.58. The van der Waals surface area contributed by atoms with Crippen molar-refractivity contribution in [3.8, 4) is 0 Å². The van der Waals surface area contributed by atoms with E-state index in [0.717, 1.165) is 38.5 Å². The van der Waals surface area contributed by atoms with Gasteiger partial charge in [0.05, 0.1) is 72.6 Å². The molecular formula is C49H80O17. The van der Waals surface area contributed by atoms with Crippen LogP contribution in [0.2, 0.25) is 0 Å². The second-order valence-corrected chi connectivity index (χ2v) is 21.7. The van der Waals surface area contributed by atoms with Gasteiger partial charge < -0.3 is 76.5 Å². The molecule has 6 aliphatic heterocycles. The molecule has 17 heteroatoms. The molecule has 0 amide bonds. The van der Waals surface area contributed by atoms with Gasteiger partial charge in [0.1, 0.15) is 30.5 Å². The van der Waals surface area contributed by atoms with Gasteiger partial charge in [-0.3, -0.25) is 4.79 Å². The molecule has 0 aromatic rings. The minimum absolute atomic E-state index is 0.0248. The highest BCUT2D eigenvalue weighted by Gasteiger charge is 2.71. The third-order valence-electron chi connectivity index (χ3n) is 18.1. The molecule has 0 aromatic heterocycles. The molecule has 2 bridgehead atoms. The smallest absolute Gasteiger partial charge is 0.172 e. The minimum Gasteiger partial charge on any atom is -0.388 e. The molecule has 2 N–H and O–H groups in total. The van der Waals surface area contributed by atoms with Crippen LogP contribution in [0.4, 0.5) is 0 Å². The Bertz CT molecular complexity index is 1670. The van der Waals surface area contributed by atoms with Crippen molar-refractivity contribution in [2.45, 2.75) is 248 Å². The van der Waals surface area contributed by atoms with Crippen molar-refractivity contribution >= 4 is 5.78 Å². The van der Waals surface area contributed by atoms with E-state index in [1.165, 1.54) is 0 Å². The van der Waals surface area contributed by atoms with Crippen molar-refractivity contribution < 1.29 is 81.3 Å². The number of ketones is 1. The Morgan fingerprint density at radius 2 is 1.03 bits per heavy atom. The lowest BCUT2D eigenvalue weighted by Gasteiger charge is -2.57. The Labute approximate surface area is 391 Å². The summed E-state index contributed by atoms with van der Waals surface area (Å²) < 4.78 is 89.3. The fourth-order valence-electron chi connectivity index (χ4n) is 14.3. The van der Waals surface area contributed by atoms with Gasteiger partial charge in [-0.05, 0) is 91.4 Å². The predicted octanol–water partition coefficient (Wildman–Crippen LogP) is 4.56. The van der Waals surface area contributed by atoms with Crippen LogP contribution in [-0.2, 0) is 71.1 Å². The standard InChI is InChI=1S/C49H80O17/c1-23-30-17-31(50)46(52)48(30,7)37-22-36-47(6)14-13-29(16-28(47)12-15-49(36,65-23)66-37)61-38-19-33(54-9)43(25(3)58-38)63-40-21-35(56-11)45(27(5)60-40)64-41-20-34(55-10)44(26(4)59-41)62-39-18-32(53-8)42(51)24(2)57-39/h23-45,50-51H,12-22H2,1-11H3/t23-,24+,25+,26+,27+,28-,29-,30-,31-,32-,33-,34-,35+,36+,37+,38-,39-,40-,41-,42+,43+,44+,45+,47-,48-,49-/m0/s1. The molecule has 0 unspecified atom stereocenters. The van der Waals surface area contributed by atoms with Crippen LogP contribution in [-0.4, -0.2) is 173 Å². The summed E-state index contributed by atoms with van der Waals surface area (Å²) in [6.45, 7) is 14.2. The number of Topliss-reactive ketones (excluding diaryl/α,β-unsaturated/α-hetero) is 1. The van der Waals surface area contributed by atoms with Gasteiger partial charge in [0.25, 0.3) is 0 Å². The van der Waals surface area contributed by atoms with Gasteiger partial charge in [0.15, 0.2) is 36.7 Å². The Morgan fingerprint density at radius 3 is 1.55 bits per heavy atom. The van der Waals surface area contributed by atoms with Crippen molar-refractivity contribution in [2.75, 3.05) is 28.4 Å². The normalized spacial score (nSPS) is 55.2. The lowest BCUT2D eigenvalue weighted by atomic mass is 9.52. The fraction of sp³-hybridized carbons (Fsp3) is 0.980. The molecule has 17 nitrogen and oxygen atoms in total. The van der Waals surface area contributed by atoms with E-state index in [0.29, 0.717) is 38.0 Å². The van der Waals surface area contributed by atoms with Crippen molar-refractivity contribution in [1.29, 1.82) is 0 Å². The summed E-state index contributed by atoms with van der Waals surface area (Å²) in [6.07, 6.45) is -1.02. The second-order valence-electron chi connectivity index (χ2n) is 21.7. The van der Waals surface area contributed by atoms with Crippen LogP contribution in [0, 0.1) is 28.6 Å². The van der Waals surface area contributed by atoms with Gasteiger partial charge in [-0.2, -0.15) is 0 Å². The van der Waals surface area contributed by atoms with E-state index in [1.54, 1.807) is 35.4 Å². The minimum atomic E-state index is -0.947. The Morgan fingerprint density at radius 1 is 0.545 bits per heavy atom. The van der Waals surface area contributed by atoms with Crippen molar-refractivity contribution in [3.05, 3.63) is 0 Å². The van der Waals surface area contributed by atoms with Crippen LogP contribution in [0.15, 0.2) is 0 Å². The van der Waals surface area contributed by atoms with Gasteiger partial charge in [0.2, 0.25) is 0 Å². The van der Waals surface area contributed by atoms with Crippen molar-refractivity contribution in [1.82, 2.24) is 0 Å². The quantitative estimate of drug-likeness (QED) is 0.259. The van der Waals surface area contributed by atoms with E-state index in [2.05, 4.69) is 13.8 Å². The lowest BCUT2D eigenvalue weighted by molar-refractivity contribution is -0.347. The summed E-state index contributed by atoms with van der Waals surface area (Å²) in [5, 5.41) is 21.1. The van der Waals surface area contributed by atoms with Gasteiger partial charge in [0, 0.05) is 72.4 Å². The molecule has 1 spiro atoms. The molecule has 3 saturated carbocycles. The predicted molar refractivity (Wildman–Crippen MR) is 233 cm³/mol. The topological polar surface area (TPSA) is 187 Å². The molecule has 6 saturated heterocycles. The van der Waals surface area contributed by atoms with E-state index in [1.807, 2.05) is 27.7 Å². The monoisotopic (exact) mass is 941 g/mol. The van der Waals surface area contributed by atoms with Gasteiger partial charge in [-0.15, -0.1) is 0 Å². The highest BCUT2D eigenvalue weighted by atomic mass is 16.8. The fourth-order valence-corrected chi connectivity index (χ4v) is 14.3. The van der Waals surface area contributed by atoms with Crippen LogP contribution >= 0.6 is 0 Å². The zero-order valence-corrected chi connectivity index (χ0v) is 41.1. The number of aliphatic hydroxyl groups is 2. The van der Waals surface area contributed by atoms with Crippen molar-refractivity contribution in [2.24, 2.45) is 28.6 Å². The van der Waals surface area contributed by atoms with Crippen LogP contribution in [0.1, 0.15) is 119 Å². The summed E-state index contributed by atoms with van der Waals surface area (Å²) in [7, 11) is 6.60. The Hall–Kier alpha value is -0.970. The molecule has 6 heterocycles. The summed E-state index contributed by atoms with van der Waals surface area (Å²) in [5.74, 6) is -0.238. The van der Waals surface area contributed by atoms with Crippen LogP contribution in [0.3, 0.4) is 0 Å². The van der Waals surface area contributed by atoms with Crippen LogP contribution in [0.25, 0.3) is 0 Å². The molecule has 9 aliphatic rings. The molecule has 9 rings (SSSR count). The average Bonchev–Trinajstić information content (AvgIpc) is 3.77. The molecule has 0 aromatic carbocycles. The number of fused-ring (bicyclic) bond motifs is 5. The Kier molecular flexibility index (Phi) is 14.8. The van der Waals surface area contributed by atoms with Crippen molar-refractivity contribution in [3.63, 3.8) is 0 Å². The molecule has 0 radical (unpaired) electrons. The van der Waals surface area contributed by atoms with E-state index < -0.39 is 85.2 Å². The number of ether oxygens (including phenoxy) is 14. The van der Waals surface area contributed by atoms with Gasteiger partial charge in [-0.1, -0.05) is 6.92 Å². The maximum absolute atomic E-state index is 13.5. The van der Waals surface area contributed by atoms with E-state index in [-0.39, 0.29) is 71.9 Å². The first kappa shape index (κ1) is 50.0. The zero-order chi connectivity index (χ0) is 47.0.